The summed E-state index contributed by atoms with van der Waals surface area (Å²) >= 11 is 0. The summed E-state index contributed by atoms with van der Waals surface area (Å²) in [5.41, 5.74) is 1.73. The van der Waals surface area contributed by atoms with Crippen LogP contribution in [-0.2, 0) is 11.3 Å². The number of hydrogen-bond donors (Lipinski definition) is 0. The second-order valence-corrected chi connectivity index (χ2v) is 6.94. The molecule has 0 radical (unpaired) electrons. The van der Waals surface area contributed by atoms with E-state index in [1.54, 1.807) is 19.3 Å². The van der Waals surface area contributed by atoms with Crippen LogP contribution < -0.4 is 5.76 Å². The highest BCUT2D eigenvalue weighted by Gasteiger charge is 2.26. The van der Waals surface area contributed by atoms with Crippen LogP contribution in [0, 0.1) is 10.1 Å². The first-order chi connectivity index (χ1) is 15.0. The fraction of sp³-hybridized carbons (Fsp3) is 0.136. The number of likely N-dealkylation sites (N-methyl/N-ethyl adjacent to an activating group) is 1. The molecule has 0 bridgehead atoms. The number of carbonyl (C=O) groups is 1. The molecule has 156 valence electrons. The van der Waals surface area contributed by atoms with Crippen LogP contribution in [0.1, 0.15) is 17.3 Å². The molecule has 9 heteroatoms. The first-order valence-corrected chi connectivity index (χ1v) is 9.45. The maximum Gasteiger partial charge on any atom is 0.420 e. The maximum atomic E-state index is 13.2. The van der Waals surface area contributed by atoms with Crippen LogP contribution in [0.5, 0.6) is 0 Å². The van der Waals surface area contributed by atoms with E-state index in [0.717, 1.165) is 5.56 Å². The first-order valence-electron chi connectivity index (χ1n) is 9.45. The summed E-state index contributed by atoms with van der Waals surface area (Å²) in [7, 11) is 1.65. The monoisotopic (exact) mass is 418 g/mol. The van der Waals surface area contributed by atoms with E-state index in [-0.39, 0.29) is 23.7 Å². The largest absolute Gasteiger partial charge is 0.420 e. The fourth-order valence-corrected chi connectivity index (χ4v) is 3.47. The lowest BCUT2D eigenvalue weighted by Gasteiger charge is -2.28. The number of fused-ring (bicyclic) bond motifs is 1. The van der Waals surface area contributed by atoms with E-state index in [4.69, 9.17) is 4.42 Å². The van der Waals surface area contributed by atoms with E-state index in [1.807, 2.05) is 42.5 Å². The molecule has 0 fully saturated rings. The SMILES string of the molecule is CN(C(=O)Cn1c(=O)oc2cc([N+](=O)[O-])ccc21)C(c1ccccc1)c1ccccn1. The number of benzene rings is 2. The van der Waals surface area contributed by atoms with Crippen LogP contribution in [-0.4, -0.2) is 32.3 Å². The molecule has 2 heterocycles. The van der Waals surface area contributed by atoms with E-state index in [2.05, 4.69) is 4.98 Å². The Labute approximate surface area is 176 Å². The van der Waals surface area contributed by atoms with Gasteiger partial charge in [0.15, 0.2) is 5.58 Å². The second kappa shape index (κ2) is 8.23. The molecule has 1 amide bonds. The number of aromatic nitrogens is 2. The average Bonchev–Trinajstić information content (AvgIpc) is 3.09. The highest BCUT2D eigenvalue weighted by atomic mass is 16.6. The van der Waals surface area contributed by atoms with Gasteiger partial charge in [-0.05, 0) is 23.8 Å². The van der Waals surface area contributed by atoms with Gasteiger partial charge in [0.25, 0.3) is 5.69 Å². The summed E-state index contributed by atoms with van der Waals surface area (Å²) in [4.78, 5) is 41.8. The van der Waals surface area contributed by atoms with Gasteiger partial charge in [-0.3, -0.25) is 24.5 Å². The van der Waals surface area contributed by atoms with Gasteiger partial charge >= 0.3 is 5.76 Å². The van der Waals surface area contributed by atoms with Crippen molar-refractivity contribution in [3.05, 3.63) is 105 Å². The molecule has 0 saturated carbocycles. The van der Waals surface area contributed by atoms with Gasteiger partial charge in [0, 0.05) is 19.3 Å². The fourth-order valence-electron chi connectivity index (χ4n) is 3.47. The molecule has 9 nitrogen and oxygen atoms in total. The molecule has 0 aliphatic rings. The summed E-state index contributed by atoms with van der Waals surface area (Å²) in [6, 6.07) is 18.3. The Kier molecular flexibility index (Phi) is 5.31. The van der Waals surface area contributed by atoms with Gasteiger partial charge in [-0.25, -0.2) is 4.79 Å². The van der Waals surface area contributed by atoms with Crippen molar-refractivity contribution in [2.75, 3.05) is 7.05 Å². The lowest BCUT2D eigenvalue weighted by molar-refractivity contribution is -0.384. The molecule has 0 aliphatic heterocycles. The molecule has 1 unspecified atom stereocenters. The summed E-state index contributed by atoms with van der Waals surface area (Å²) in [6.07, 6.45) is 1.66. The van der Waals surface area contributed by atoms with Gasteiger partial charge in [0.2, 0.25) is 5.91 Å². The van der Waals surface area contributed by atoms with Gasteiger partial charge in [0.1, 0.15) is 6.54 Å². The Balaban J connectivity index is 1.68. The van der Waals surface area contributed by atoms with Crippen molar-refractivity contribution in [2.24, 2.45) is 0 Å². The molecule has 4 rings (SSSR count). The minimum atomic E-state index is -0.758. The Hall–Kier alpha value is -4.27. The molecule has 2 aromatic carbocycles. The van der Waals surface area contributed by atoms with Crippen molar-refractivity contribution in [3.63, 3.8) is 0 Å². The van der Waals surface area contributed by atoms with E-state index in [9.17, 15) is 19.7 Å². The number of carbonyl (C=O) groups excluding carboxylic acids is 1. The molecular weight excluding hydrogens is 400 g/mol. The third kappa shape index (κ3) is 3.93. The number of pyridine rings is 1. The Bertz CT molecular complexity index is 1260. The molecule has 0 saturated heterocycles. The van der Waals surface area contributed by atoms with Crippen molar-refractivity contribution in [3.8, 4) is 0 Å². The standard InChI is InChI=1S/C22H18N4O5/c1-24(21(15-7-3-2-4-8-15)17-9-5-6-12-23-17)20(27)14-25-18-11-10-16(26(29)30)13-19(18)31-22(25)28/h2-13,21H,14H2,1H3. The zero-order valence-corrected chi connectivity index (χ0v) is 16.5. The van der Waals surface area contributed by atoms with Gasteiger partial charge in [-0.1, -0.05) is 36.4 Å². The van der Waals surface area contributed by atoms with Crippen molar-refractivity contribution >= 4 is 22.7 Å². The predicted octanol–water partition coefficient (Wildman–Crippen LogP) is 3.15. The summed E-state index contributed by atoms with van der Waals surface area (Å²) < 4.78 is 6.29. The highest BCUT2D eigenvalue weighted by Crippen LogP contribution is 2.27. The van der Waals surface area contributed by atoms with Crippen LogP contribution >= 0.6 is 0 Å². The lowest BCUT2D eigenvalue weighted by Crippen LogP contribution is -2.36. The van der Waals surface area contributed by atoms with Crippen LogP contribution in [0.25, 0.3) is 11.1 Å². The normalized spacial score (nSPS) is 11.9. The van der Waals surface area contributed by atoms with Crippen molar-refractivity contribution in [2.45, 2.75) is 12.6 Å². The molecule has 0 aliphatic carbocycles. The third-order valence-electron chi connectivity index (χ3n) is 5.02. The average molecular weight is 418 g/mol. The van der Waals surface area contributed by atoms with E-state index in [1.165, 1.54) is 27.7 Å². The Morgan fingerprint density at radius 3 is 2.58 bits per heavy atom. The quantitative estimate of drug-likeness (QED) is 0.351. The first kappa shape index (κ1) is 20.0. The zero-order valence-electron chi connectivity index (χ0n) is 16.5. The van der Waals surface area contributed by atoms with Crippen LogP contribution in [0.15, 0.2) is 82.1 Å². The summed E-state index contributed by atoms with van der Waals surface area (Å²) in [5.74, 6) is -1.10. The van der Waals surface area contributed by atoms with Gasteiger partial charge < -0.3 is 9.32 Å². The van der Waals surface area contributed by atoms with E-state index < -0.39 is 16.7 Å². The minimum Gasteiger partial charge on any atom is -0.407 e. The smallest absolute Gasteiger partial charge is 0.407 e. The number of oxazole rings is 1. The van der Waals surface area contributed by atoms with Gasteiger partial charge in [0.05, 0.1) is 28.2 Å². The number of rotatable bonds is 6. The maximum absolute atomic E-state index is 13.2. The molecular formula is C22H18N4O5. The van der Waals surface area contributed by atoms with E-state index in [0.29, 0.717) is 11.2 Å². The van der Waals surface area contributed by atoms with Crippen LogP contribution in [0.3, 0.4) is 0 Å². The molecule has 0 N–H and O–H groups in total. The highest BCUT2D eigenvalue weighted by molar-refractivity contribution is 5.81. The number of hydrogen-bond acceptors (Lipinski definition) is 6. The summed E-state index contributed by atoms with van der Waals surface area (Å²) in [5, 5.41) is 11.0. The second-order valence-electron chi connectivity index (χ2n) is 6.94. The molecule has 31 heavy (non-hydrogen) atoms. The zero-order chi connectivity index (χ0) is 22.0. The van der Waals surface area contributed by atoms with Crippen LogP contribution in [0.4, 0.5) is 5.69 Å². The summed E-state index contributed by atoms with van der Waals surface area (Å²) in [6.45, 7) is -0.281. The number of nitro groups is 1. The number of nitrogens with zero attached hydrogens (tertiary/aromatic N) is 4. The van der Waals surface area contributed by atoms with Crippen molar-refractivity contribution < 1.29 is 14.1 Å². The molecule has 0 spiro atoms. The van der Waals surface area contributed by atoms with Crippen molar-refractivity contribution in [1.29, 1.82) is 0 Å². The molecule has 2 aromatic heterocycles. The number of amides is 1. The molecule has 1 atom stereocenters. The number of nitro benzene ring substituents is 1. The van der Waals surface area contributed by atoms with Crippen LogP contribution in [0.2, 0.25) is 0 Å². The predicted molar refractivity (Wildman–Crippen MR) is 112 cm³/mol. The Morgan fingerprint density at radius 2 is 1.90 bits per heavy atom. The third-order valence-corrected chi connectivity index (χ3v) is 5.02. The minimum absolute atomic E-state index is 0.0546. The van der Waals surface area contributed by atoms with Crippen molar-refractivity contribution in [1.82, 2.24) is 14.5 Å². The number of non-ortho nitro benzene ring substituents is 1. The Morgan fingerprint density at radius 1 is 1.16 bits per heavy atom. The topological polar surface area (TPSA) is 111 Å². The lowest BCUT2D eigenvalue weighted by atomic mass is 10.0. The molecule has 4 aromatic rings. The van der Waals surface area contributed by atoms with Gasteiger partial charge in [-0.15, -0.1) is 0 Å². The van der Waals surface area contributed by atoms with Gasteiger partial charge in [-0.2, -0.15) is 0 Å². The van der Waals surface area contributed by atoms with E-state index >= 15 is 0 Å².